The molecule has 0 amide bonds. The molecular weight excluding hydrogens is 260 g/mol. The summed E-state index contributed by atoms with van der Waals surface area (Å²) in [5, 5.41) is 4.76. The van der Waals surface area contributed by atoms with Crippen LogP contribution in [0.25, 0.3) is 0 Å². The minimum Gasteiger partial charge on any atom is -0.382 e. The summed E-state index contributed by atoms with van der Waals surface area (Å²) in [6.07, 6.45) is 5.30. The Morgan fingerprint density at radius 3 is 2.79 bits per heavy atom. The highest BCUT2D eigenvalue weighted by atomic mass is 32.2. The molecule has 1 N–H and O–H groups in total. The largest absolute Gasteiger partial charge is 0.382 e. The van der Waals surface area contributed by atoms with Gasteiger partial charge >= 0.3 is 0 Å². The molecule has 2 rings (SSSR count). The Hall–Kier alpha value is -0.260. The molecule has 4 nitrogen and oxygen atoms in total. The standard InChI is InChI=1S/C14H26N2O2S/c1-11-4-6-14(7-5-11)10-19-13(16-14)15-8-12(18-3)9-17-2/h11-12H,4-10H2,1-3H3,(H,15,16). The summed E-state index contributed by atoms with van der Waals surface area (Å²) in [7, 11) is 3.41. The maximum Gasteiger partial charge on any atom is 0.157 e. The van der Waals surface area contributed by atoms with E-state index in [1.807, 2.05) is 11.8 Å². The minimum absolute atomic E-state index is 0.0582. The first-order chi connectivity index (χ1) is 9.17. The van der Waals surface area contributed by atoms with Crippen LogP contribution in [0.2, 0.25) is 0 Å². The van der Waals surface area contributed by atoms with Crippen LogP contribution in [0.5, 0.6) is 0 Å². The maximum absolute atomic E-state index is 5.33. The number of aliphatic imine (C=N–C) groups is 1. The second-order valence-corrected chi connectivity index (χ2v) is 6.80. The fourth-order valence-corrected chi connectivity index (χ4v) is 3.97. The molecule has 0 aromatic rings. The lowest BCUT2D eigenvalue weighted by Crippen LogP contribution is -2.46. The molecule has 1 aliphatic heterocycles. The van der Waals surface area contributed by atoms with E-state index in [2.05, 4.69) is 17.2 Å². The Labute approximate surface area is 120 Å². The number of thioether (sulfide) groups is 1. The second-order valence-electron chi connectivity index (χ2n) is 5.84. The molecule has 2 fully saturated rings. The van der Waals surface area contributed by atoms with Crippen LogP contribution in [0.15, 0.2) is 4.99 Å². The monoisotopic (exact) mass is 286 g/mol. The zero-order chi connectivity index (χ0) is 13.7. The van der Waals surface area contributed by atoms with Gasteiger partial charge in [0.25, 0.3) is 0 Å². The summed E-state index contributed by atoms with van der Waals surface area (Å²) in [4.78, 5) is 4.65. The highest BCUT2D eigenvalue weighted by Crippen LogP contribution is 2.38. The molecular formula is C14H26N2O2S. The van der Waals surface area contributed by atoms with E-state index in [0.717, 1.165) is 11.1 Å². The van der Waals surface area contributed by atoms with Crippen molar-refractivity contribution in [3.05, 3.63) is 0 Å². The number of hydrogen-bond acceptors (Lipinski definition) is 4. The first-order valence-corrected chi connectivity index (χ1v) is 8.13. The van der Waals surface area contributed by atoms with Gasteiger partial charge in [-0.3, -0.25) is 4.99 Å². The van der Waals surface area contributed by atoms with Crippen LogP contribution < -0.4 is 5.32 Å². The summed E-state index contributed by atoms with van der Waals surface area (Å²) in [5.41, 5.74) is 0.319. The van der Waals surface area contributed by atoms with Crippen LogP contribution in [-0.2, 0) is 9.47 Å². The lowest BCUT2D eigenvalue weighted by molar-refractivity contribution is 0.0344. The fourth-order valence-electron chi connectivity index (χ4n) is 2.74. The molecule has 0 aromatic heterocycles. The van der Waals surface area contributed by atoms with Gasteiger partial charge in [-0.25, -0.2) is 0 Å². The predicted octanol–water partition coefficient (Wildman–Crippen LogP) is 2.29. The van der Waals surface area contributed by atoms with Crippen LogP contribution in [-0.4, -0.2) is 49.9 Å². The molecule has 1 spiro atoms. The zero-order valence-corrected chi connectivity index (χ0v) is 13.1. The van der Waals surface area contributed by atoms with Gasteiger partial charge in [0, 0.05) is 25.5 Å². The first-order valence-electron chi connectivity index (χ1n) is 7.14. The van der Waals surface area contributed by atoms with E-state index >= 15 is 0 Å². The summed E-state index contributed by atoms with van der Waals surface area (Å²) in [5.74, 6) is 2.05. The van der Waals surface area contributed by atoms with Gasteiger partial charge in [0.2, 0.25) is 0 Å². The molecule has 110 valence electrons. The molecule has 1 saturated carbocycles. The van der Waals surface area contributed by atoms with Crippen molar-refractivity contribution in [3.8, 4) is 0 Å². The molecule has 0 bridgehead atoms. The van der Waals surface area contributed by atoms with Gasteiger partial charge in [-0.1, -0.05) is 18.7 Å². The van der Waals surface area contributed by atoms with Gasteiger partial charge in [-0.05, 0) is 31.6 Å². The topological polar surface area (TPSA) is 42.8 Å². The number of methoxy groups -OCH3 is 2. The normalized spacial score (nSPS) is 34.7. The highest BCUT2D eigenvalue weighted by Gasteiger charge is 2.39. The summed E-state index contributed by atoms with van der Waals surface area (Å²) in [6, 6.07) is 0. The van der Waals surface area contributed by atoms with Crippen LogP contribution in [0, 0.1) is 5.92 Å². The SMILES string of the molecule is COCC(CN=C1NC2(CCC(C)CC2)CS1)OC. The van der Waals surface area contributed by atoms with Crippen LogP contribution in [0.1, 0.15) is 32.6 Å². The van der Waals surface area contributed by atoms with Gasteiger partial charge in [-0.15, -0.1) is 0 Å². The van der Waals surface area contributed by atoms with Crippen LogP contribution in [0.4, 0.5) is 0 Å². The van der Waals surface area contributed by atoms with Gasteiger partial charge in [0.1, 0.15) is 0 Å². The van der Waals surface area contributed by atoms with Crippen molar-refractivity contribution in [1.29, 1.82) is 0 Å². The smallest absolute Gasteiger partial charge is 0.157 e. The van der Waals surface area contributed by atoms with Gasteiger partial charge in [0.05, 0.1) is 19.3 Å². The van der Waals surface area contributed by atoms with E-state index in [0.29, 0.717) is 18.7 Å². The van der Waals surface area contributed by atoms with E-state index in [1.54, 1.807) is 14.2 Å². The molecule has 2 aliphatic rings. The van der Waals surface area contributed by atoms with Crippen molar-refractivity contribution >= 4 is 16.9 Å². The number of hydrogen-bond donors (Lipinski definition) is 1. The van der Waals surface area contributed by atoms with Crippen molar-refractivity contribution in [3.63, 3.8) is 0 Å². The van der Waals surface area contributed by atoms with Crippen molar-refractivity contribution in [2.75, 3.05) is 33.1 Å². The van der Waals surface area contributed by atoms with E-state index in [1.165, 1.54) is 31.4 Å². The van der Waals surface area contributed by atoms with E-state index in [4.69, 9.17) is 9.47 Å². The summed E-state index contributed by atoms with van der Waals surface area (Å²) >= 11 is 1.86. The van der Waals surface area contributed by atoms with Crippen molar-refractivity contribution in [2.24, 2.45) is 10.9 Å². The van der Waals surface area contributed by atoms with Crippen molar-refractivity contribution in [2.45, 2.75) is 44.2 Å². The Balaban J connectivity index is 1.84. The van der Waals surface area contributed by atoms with Crippen molar-refractivity contribution in [1.82, 2.24) is 5.32 Å². The Bertz CT molecular complexity index is 315. The second kappa shape index (κ2) is 6.95. The number of nitrogens with one attached hydrogen (secondary N) is 1. The summed E-state index contributed by atoms with van der Waals surface area (Å²) in [6.45, 7) is 3.63. The molecule has 0 aromatic carbocycles. The predicted molar refractivity (Wildman–Crippen MR) is 80.9 cm³/mol. The molecule has 5 heteroatoms. The molecule has 1 heterocycles. The third-order valence-electron chi connectivity index (χ3n) is 4.21. The lowest BCUT2D eigenvalue weighted by Gasteiger charge is -2.35. The fraction of sp³-hybridized carbons (Fsp3) is 0.929. The first kappa shape index (κ1) is 15.1. The lowest BCUT2D eigenvalue weighted by atomic mass is 9.78. The van der Waals surface area contributed by atoms with E-state index in [-0.39, 0.29) is 6.10 Å². The number of ether oxygens (including phenoxy) is 2. The maximum atomic E-state index is 5.33. The van der Waals surface area contributed by atoms with E-state index < -0.39 is 0 Å². The number of amidine groups is 1. The zero-order valence-electron chi connectivity index (χ0n) is 12.3. The van der Waals surface area contributed by atoms with Gasteiger partial charge in [0.15, 0.2) is 5.17 Å². The quantitative estimate of drug-likeness (QED) is 0.842. The molecule has 0 radical (unpaired) electrons. The molecule has 19 heavy (non-hydrogen) atoms. The molecule has 1 saturated heterocycles. The molecule has 1 atom stereocenters. The number of rotatable bonds is 5. The van der Waals surface area contributed by atoms with Crippen molar-refractivity contribution < 1.29 is 9.47 Å². The third kappa shape index (κ3) is 4.10. The summed E-state index contributed by atoms with van der Waals surface area (Å²) < 4.78 is 10.4. The average Bonchev–Trinajstić information content (AvgIpc) is 2.82. The Kier molecular flexibility index (Phi) is 5.54. The molecule has 1 unspecified atom stereocenters. The molecule has 1 aliphatic carbocycles. The van der Waals surface area contributed by atoms with Gasteiger partial charge in [-0.2, -0.15) is 0 Å². The Morgan fingerprint density at radius 1 is 1.42 bits per heavy atom. The number of nitrogens with zero attached hydrogens (tertiary/aromatic N) is 1. The van der Waals surface area contributed by atoms with Gasteiger partial charge < -0.3 is 14.8 Å². The average molecular weight is 286 g/mol. The minimum atomic E-state index is 0.0582. The van der Waals surface area contributed by atoms with Crippen LogP contribution in [0.3, 0.4) is 0 Å². The highest BCUT2D eigenvalue weighted by molar-refractivity contribution is 8.14. The van der Waals surface area contributed by atoms with Crippen LogP contribution >= 0.6 is 11.8 Å². The Morgan fingerprint density at radius 2 is 2.16 bits per heavy atom. The van der Waals surface area contributed by atoms with E-state index in [9.17, 15) is 0 Å². The third-order valence-corrected chi connectivity index (χ3v) is 5.41.